The van der Waals surface area contributed by atoms with Crippen LogP contribution in [0, 0.1) is 27.7 Å². The summed E-state index contributed by atoms with van der Waals surface area (Å²) >= 11 is -2.71. The molecular formula is C28H36SiZr. The standard InChI is InChI=1S/C26H30Si.2CH3.Zr/c1-15-9-11-17(3)23-21(15)13-19(5)25(23)27(7,8)26-20(6)14-22-16(2)10-12-18(4)24(22)26;;;/h9-14H,1-8H3;2*1H3;. The van der Waals surface area contributed by atoms with Gasteiger partial charge < -0.3 is 0 Å². The van der Waals surface area contributed by atoms with Crippen LogP contribution in [0.1, 0.15) is 65.6 Å². The Balaban J connectivity index is 1.98. The van der Waals surface area contributed by atoms with E-state index in [1.807, 2.05) is 0 Å². The minimum absolute atomic E-state index is 0.711. The molecule has 0 saturated carbocycles. The van der Waals surface area contributed by atoms with Crippen LogP contribution in [0.4, 0.5) is 0 Å². The molecular weight excluding hydrogens is 456 g/mol. The summed E-state index contributed by atoms with van der Waals surface area (Å²) in [5.74, 6) is 0. The second-order valence-electron chi connectivity index (χ2n) is 11.4. The topological polar surface area (TPSA) is 0 Å². The Morgan fingerprint density at radius 1 is 0.600 bits per heavy atom. The molecule has 0 spiro atoms. The average Bonchev–Trinajstić information content (AvgIpc) is 3.16. The summed E-state index contributed by atoms with van der Waals surface area (Å²) < 4.78 is 6.95. The van der Waals surface area contributed by atoms with Crippen molar-refractivity contribution >= 4 is 18.5 Å². The molecule has 5 rings (SSSR count). The van der Waals surface area contributed by atoms with Crippen molar-refractivity contribution < 1.29 is 20.3 Å². The third kappa shape index (κ3) is 2.31. The van der Waals surface area contributed by atoms with Gasteiger partial charge in [0, 0.05) is 0 Å². The molecule has 0 amide bonds. The average molecular weight is 492 g/mol. The van der Waals surface area contributed by atoms with Gasteiger partial charge in [-0.3, -0.25) is 0 Å². The Kier molecular flexibility index (Phi) is 4.38. The third-order valence-corrected chi connectivity index (χ3v) is 23.5. The van der Waals surface area contributed by atoms with E-state index in [9.17, 15) is 0 Å². The van der Waals surface area contributed by atoms with Crippen molar-refractivity contribution in [3.63, 3.8) is 0 Å². The molecule has 0 radical (unpaired) electrons. The Morgan fingerprint density at radius 2 is 0.933 bits per heavy atom. The molecule has 2 heteroatoms. The SMILES string of the molecule is CC1=C2c3c(C)ccc(C)c3[CH]1[Zr]([CH3])([CH3])[CH]1C(C)=C(c3c(C)ccc(C)c31)[Si]2(C)C. The third-order valence-electron chi connectivity index (χ3n) is 8.81. The quantitative estimate of drug-likeness (QED) is 0.325. The van der Waals surface area contributed by atoms with E-state index in [2.05, 4.69) is 88.2 Å². The Morgan fingerprint density at radius 3 is 1.30 bits per heavy atom. The molecule has 3 aliphatic rings. The Labute approximate surface area is 188 Å². The summed E-state index contributed by atoms with van der Waals surface area (Å²) in [6.07, 6.45) is 0. The Bertz CT molecular complexity index is 1110. The molecule has 2 aliphatic carbocycles. The fourth-order valence-electron chi connectivity index (χ4n) is 7.95. The number of aryl methyl sites for hydroxylation is 4. The fraction of sp³-hybridized carbons (Fsp3) is 0.429. The van der Waals surface area contributed by atoms with Gasteiger partial charge in [-0.15, -0.1) is 0 Å². The van der Waals surface area contributed by atoms with E-state index >= 15 is 0 Å². The molecule has 0 nitrogen and oxygen atoms in total. The second kappa shape index (κ2) is 6.29. The van der Waals surface area contributed by atoms with Crippen LogP contribution in [0.5, 0.6) is 0 Å². The molecule has 2 unspecified atom stereocenters. The van der Waals surface area contributed by atoms with Crippen LogP contribution in [-0.4, -0.2) is 8.07 Å². The number of hydrogen-bond donors (Lipinski definition) is 0. The molecule has 30 heavy (non-hydrogen) atoms. The van der Waals surface area contributed by atoms with E-state index in [0.29, 0.717) is 7.25 Å². The van der Waals surface area contributed by atoms with Crippen molar-refractivity contribution in [2.45, 2.75) is 71.2 Å². The Hall–Kier alpha value is -0.980. The fourth-order valence-corrected chi connectivity index (χ4v) is 25.6. The molecule has 1 heterocycles. The molecule has 0 fully saturated rings. The first kappa shape index (κ1) is 20.9. The van der Waals surface area contributed by atoms with Crippen molar-refractivity contribution in [2.24, 2.45) is 0 Å². The van der Waals surface area contributed by atoms with Crippen molar-refractivity contribution in [1.29, 1.82) is 0 Å². The summed E-state index contributed by atoms with van der Waals surface area (Å²) in [5.41, 5.74) is 16.4. The second-order valence-corrected chi connectivity index (χ2v) is 27.4. The van der Waals surface area contributed by atoms with Gasteiger partial charge in [0.15, 0.2) is 0 Å². The van der Waals surface area contributed by atoms with E-state index in [4.69, 9.17) is 0 Å². The summed E-state index contributed by atoms with van der Waals surface area (Å²) in [5, 5.41) is 3.57. The van der Waals surface area contributed by atoms with Crippen LogP contribution in [0.25, 0.3) is 10.4 Å². The predicted octanol–water partition coefficient (Wildman–Crippen LogP) is 8.33. The van der Waals surface area contributed by atoms with Crippen molar-refractivity contribution in [3.8, 4) is 0 Å². The van der Waals surface area contributed by atoms with Gasteiger partial charge in [0.05, 0.1) is 0 Å². The van der Waals surface area contributed by atoms with E-state index in [1.165, 1.54) is 22.3 Å². The van der Waals surface area contributed by atoms with Crippen molar-refractivity contribution in [3.05, 3.63) is 79.9 Å². The number of rotatable bonds is 0. The first-order chi connectivity index (χ1) is 13.9. The summed E-state index contributed by atoms with van der Waals surface area (Å²) in [6.45, 7) is 19.8. The molecule has 2 atom stereocenters. The zero-order chi connectivity index (χ0) is 21.9. The zero-order valence-electron chi connectivity index (χ0n) is 20.5. The van der Waals surface area contributed by atoms with E-state index in [-0.39, 0.29) is 0 Å². The first-order valence-corrected chi connectivity index (χ1v) is 22.3. The van der Waals surface area contributed by atoms with Crippen molar-refractivity contribution in [1.82, 2.24) is 0 Å². The minimum atomic E-state index is -2.71. The normalized spacial score (nSPS) is 25.3. The van der Waals surface area contributed by atoms with Crippen molar-refractivity contribution in [2.75, 3.05) is 0 Å². The molecule has 0 aromatic heterocycles. The summed E-state index contributed by atoms with van der Waals surface area (Å²) in [6, 6.07) is 9.57. The van der Waals surface area contributed by atoms with Gasteiger partial charge in [-0.1, -0.05) is 0 Å². The monoisotopic (exact) mass is 490 g/mol. The van der Waals surface area contributed by atoms with Gasteiger partial charge in [0.1, 0.15) is 0 Å². The predicted molar refractivity (Wildman–Crippen MR) is 132 cm³/mol. The van der Waals surface area contributed by atoms with Gasteiger partial charge >= 0.3 is 190 Å². The molecule has 0 saturated heterocycles. The van der Waals surface area contributed by atoms with Crippen LogP contribution < -0.4 is 0 Å². The molecule has 2 aromatic rings. The number of allylic oxidation sites excluding steroid dienone is 2. The number of hydrogen-bond acceptors (Lipinski definition) is 0. The summed E-state index contributed by atoms with van der Waals surface area (Å²) in [7, 11) is -1.86. The molecule has 0 N–H and O–H groups in total. The maximum absolute atomic E-state index is 2.76. The molecule has 2 aromatic carbocycles. The van der Waals surface area contributed by atoms with Gasteiger partial charge in [0.25, 0.3) is 0 Å². The van der Waals surface area contributed by atoms with Gasteiger partial charge in [-0.25, -0.2) is 0 Å². The molecule has 1 aliphatic heterocycles. The van der Waals surface area contributed by atoms with E-state index < -0.39 is 28.3 Å². The van der Waals surface area contributed by atoms with Crippen LogP contribution in [0.3, 0.4) is 0 Å². The van der Waals surface area contributed by atoms with Crippen LogP contribution in [-0.2, 0) is 20.3 Å². The van der Waals surface area contributed by atoms with Crippen LogP contribution in [0.15, 0.2) is 35.4 Å². The van der Waals surface area contributed by atoms with E-state index in [0.717, 1.165) is 0 Å². The number of benzene rings is 2. The molecule has 156 valence electrons. The van der Waals surface area contributed by atoms with Crippen LogP contribution in [0.2, 0.25) is 22.4 Å². The van der Waals surface area contributed by atoms with Gasteiger partial charge in [0.2, 0.25) is 0 Å². The van der Waals surface area contributed by atoms with Gasteiger partial charge in [-0.2, -0.15) is 0 Å². The van der Waals surface area contributed by atoms with E-state index in [1.54, 1.807) is 43.8 Å². The molecule has 4 bridgehead atoms. The van der Waals surface area contributed by atoms with Crippen LogP contribution >= 0.6 is 0 Å². The van der Waals surface area contributed by atoms with Gasteiger partial charge in [-0.05, 0) is 0 Å². The maximum atomic E-state index is 2.76. The number of fused-ring (bicyclic) bond motifs is 8. The first-order valence-electron chi connectivity index (χ1n) is 11.6. The summed E-state index contributed by atoms with van der Waals surface area (Å²) in [4.78, 5) is 0. The zero-order valence-corrected chi connectivity index (χ0v) is 23.9.